The zero-order chi connectivity index (χ0) is 55.5. The van der Waals surface area contributed by atoms with E-state index < -0.39 is 57.8 Å². The summed E-state index contributed by atoms with van der Waals surface area (Å²) in [6.07, 6.45) is 66.7. The van der Waals surface area contributed by atoms with Gasteiger partial charge in [0.25, 0.3) is 0 Å². The second-order valence-electron chi connectivity index (χ2n) is 20.1. The molecule has 0 amide bonds. The highest BCUT2D eigenvalue weighted by Crippen LogP contribution is 2.43. The fourth-order valence-electron chi connectivity index (χ4n) is 8.14. The summed E-state index contributed by atoms with van der Waals surface area (Å²) >= 11 is 0. The molecule has 3 atom stereocenters. The lowest BCUT2D eigenvalue weighted by molar-refractivity contribution is -0.161. The number of esters is 3. The Balaban J connectivity index is 4.75. The van der Waals surface area contributed by atoms with Crippen LogP contribution in [0, 0.1) is 0 Å². The van der Waals surface area contributed by atoms with Gasteiger partial charge in [-0.25, -0.2) is 4.57 Å². The first-order valence-electron chi connectivity index (χ1n) is 30.5. The quantitative estimate of drug-likeness (QED) is 0.0197. The Morgan fingerprint density at radius 2 is 0.684 bits per heavy atom. The Morgan fingerprint density at radius 3 is 1.09 bits per heavy atom. The molecule has 0 aliphatic carbocycles. The summed E-state index contributed by atoms with van der Waals surface area (Å²) in [5.74, 6) is -1.51. The van der Waals surface area contributed by atoms with Crippen molar-refractivity contribution in [3.8, 4) is 0 Å². The van der Waals surface area contributed by atoms with E-state index in [1.807, 2.05) is 0 Å². The number of ether oxygens (including phenoxy) is 3. The van der Waals surface area contributed by atoms with E-state index in [0.29, 0.717) is 19.3 Å². The molecule has 12 heteroatoms. The van der Waals surface area contributed by atoms with E-state index in [-0.39, 0.29) is 25.9 Å². The molecule has 0 heterocycles. The van der Waals surface area contributed by atoms with Gasteiger partial charge in [-0.05, 0) is 116 Å². The van der Waals surface area contributed by atoms with Crippen molar-refractivity contribution in [2.24, 2.45) is 0 Å². The number of carbonyl (C=O) groups excluding carboxylic acids is 3. The number of aliphatic hydroxyl groups excluding tert-OH is 1. The SMILES string of the molecule is CC/C=C\C/C=C\C/C=C\CCCCCCCC(=O)OC(COC(=O)CCCCCCCC/C=C\C/C=C\C/C=C\CCCCC)COP(=O)(O)OCC(CO)OC(=O)CCCCCCC/C=C\CCCCCCCC. The third-order valence-corrected chi connectivity index (χ3v) is 13.7. The first-order chi connectivity index (χ1) is 37.2. The molecule has 3 unspecified atom stereocenters. The van der Waals surface area contributed by atoms with Gasteiger partial charge >= 0.3 is 25.7 Å². The van der Waals surface area contributed by atoms with E-state index in [4.69, 9.17) is 23.3 Å². The van der Waals surface area contributed by atoms with E-state index in [1.165, 1.54) is 64.2 Å². The van der Waals surface area contributed by atoms with Crippen LogP contribution in [0.25, 0.3) is 0 Å². The van der Waals surface area contributed by atoms with Crippen LogP contribution in [0.15, 0.2) is 85.1 Å². The molecule has 0 rings (SSSR count). The van der Waals surface area contributed by atoms with Gasteiger partial charge in [0.15, 0.2) is 6.10 Å². The molecule has 0 aromatic heterocycles. The number of carbonyl (C=O) groups is 3. The first-order valence-corrected chi connectivity index (χ1v) is 32.0. The highest BCUT2D eigenvalue weighted by atomic mass is 31.2. The molecule has 0 radical (unpaired) electrons. The Morgan fingerprint density at radius 1 is 0.382 bits per heavy atom. The summed E-state index contributed by atoms with van der Waals surface area (Å²) in [7, 11) is -4.76. The van der Waals surface area contributed by atoms with E-state index in [9.17, 15) is 28.9 Å². The molecule has 0 aromatic carbocycles. The summed E-state index contributed by atoms with van der Waals surface area (Å²) in [6, 6.07) is 0. The third-order valence-electron chi connectivity index (χ3n) is 12.8. The van der Waals surface area contributed by atoms with Crippen molar-refractivity contribution >= 4 is 25.7 Å². The molecule has 2 N–H and O–H groups in total. The monoisotopic (exact) mass is 1090 g/mol. The average molecular weight is 1090 g/mol. The predicted molar refractivity (Wildman–Crippen MR) is 316 cm³/mol. The van der Waals surface area contributed by atoms with Crippen molar-refractivity contribution in [2.45, 2.75) is 277 Å². The lowest BCUT2D eigenvalue weighted by Crippen LogP contribution is -2.30. The molecule has 11 nitrogen and oxygen atoms in total. The van der Waals surface area contributed by atoms with Crippen LogP contribution in [0.3, 0.4) is 0 Å². The molecule has 0 saturated heterocycles. The molecule has 0 aromatic rings. The fraction of sp³-hybridized carbons (Fsp3) is 0.734. The van der Waals surface area contributed by atoms with Crippen molar-refractivity contribution in [1.82, 2.24) is 0 Å². The van der Waals surface area contributed by atoms with Crippen molar-refractivity contribution in [3.05, 3.63) is 85.1 Å². The van der Waals surface area contributed by atoms with Gasteiger partial charge in [0.05, 0.1) is 19.8 Å². The fourth-order valence-corrected chi connectivity index (χ4v) is 8.92. The van der Waals surface area contributed by atoms with Gasteiger partial charge in [0.2, 0.25) is 0 Å². The number of phosphoric ester groups is 1. The molecule has 0 aliphatic heterocycles. The van der Waals surface area contributed by atoms with Gasteiger partial charge in [-0.1, -0.05) is 215 Å². The molecule has 0 spiro atoms. The van der Waals surface area contributed by atoms with Crippen molar-refractivity contribution < 1.29 is 52.2 Å². The highest BCUT2D eigenvalue weighted by Gasteiger charge is 2.28. The standard InChI is InChI=1S/C64H111O11P/c1-4-7-10-13-16-19-22-25-28-29-30-31-34-35-38-41-44-47-50-53-62(66)71-57-61(75-64(68)55-52-49-46-43-40-37-33-27-24-21-18-15-12-9-6-3)59-73-76(69,70)72-58-60(56-65)74-63(67)54-51-48-45-42-39-36-32-26-23-20-17-14-11-8-5-2/h9,12,16,18-19,21,25-28,30-33,60-61,65H,4-8,10-11,13-15,17,20,22-24,29,34-59H2,1-3H3,(H,69,70)/b12-9-,19-16-,21-18-,28-25-,31-30-,32-26-,33-27-. The third kappa shape index (κ3) is 55.4. The normalized spacial score (nSPS) is 13.9. The van der Waals surface area contributed by atoms with Crippen LogP contribution in [0.2, 0.25) is 0 Å². The Kier molecular flexibility index (Phi) is 55.3. The minimum atomic E-state index is -4.76. The van der Waals surface area contributed by atoms with E-state index in [1.54, 1.807) is 0 Å². The highest BCUT2D eigenvalue weighted by molar-refractivity contribution is 7.47. The van der Waals surface area contributed by atoms with Crippen LogP contribution in [0.4, 0.5) is 0 Å². The Bertz CT molecular complexity index is 1600. The summed E-state index contributed by atoms with van der Waals surface area (Å²) in [4.78, 5) is 48.6. The minimum Gasteiger partial charge on any atom is -0.462 e. The second kappa shape index (κ2) is 57.8. The summed E-state index contributed by atoms with van der Waals surface area (Å²) < 4.78 is 39.6. The molecular weight excluding hydrogens is 976 g/mol. The van der Waals surface area contributed by atoms with Crippen LogP contribution in [0.1, 0.15) is 265 Å². The number of rotatable bonds is 56. The van der Waals surface area contributed by atoms with Gasteiger partial charge in [-0.3, -0.25) is 23.4 Å². The number of hydrogen-bond acceptors (Lipinski definition) is 10. The molecule has 0 saturated carbocycles. The summed E-state index contributed by atoms with van der Waals surface area (Å²) in [5.41, 5.74) is 0. The Hall–Kier alpha value is -3.34. The first kappa shape index (κ1) is 72.7. The number of phosphoric acid groups is 1. The predicted octanol–water partition coefficient (Wildman–Crippen LogP) is 18.3. The van der Waals surface area contributed by atoms with Gasteiger partial charge < -0.3 is 24.2 Å². The number of allylic oxidation sites excluding steroid dienone is 14. The largest absolute Gasteiger partial charge is 0.472 e. The van der Waals surface area contributed by atoms with Crippen LogP contribution in [-0.2, 0) is 42.2 Å². The molecule has 438 valence electrons. The number of aliphatic hydroxyl groups is 1. The van der Waals surface area contributed by atoms with Gasteiger partial charge in [0.1, 0.15) is 12.7 Å². The van der Waals surface area contributed by atoms with Crippen LogP contribution >= 0.6 is 7.82 Å². The lowest BCUT2D eigenvalue weighted by atomic mass is 10.1. The van der Waals surface area contributed by atoms with Crippen LogP contribution in [0.5, 0.6) is 0 Å². The summed E-state index contributed by atoms with van der Waals surface area (Å²) in [6.45, 7) is 4.47. The van der Waals surface area contributed by atoms with E-state index >= 15 is 0 Å². The maximum atomic E-state index is 12.9. The van der Waals surface area contributed by atoms with Crippen LogP contribution in [-0.4, -0.2) is 66.5 Å². The molecule has 76 heavy (non-hydrogen) atoms. The topological polar surface area (TPSA) is 155 Å². The van der Waals surface area contributed by atoms with Crippen molar-refractivity contribution in [3.63, 3.8) is 0 Å². The number of hydrogen-bond donors (Lipinski definition) is 2. The van der Waals surface area contributed by atoms with Crippen molar-refractivity contribution in [2.75, 3.05) is 26.4 Å². The molecule has 0 fully saturated rings. The maximum absolute atomic E-state index is 12.9. The van der Waals surface area contributed by atoms with Gasteiger partial charge in [0, 0.05) is 19.3 Å². The van der Waals surface area contributed by atoms with E-state index in [2.05, 4.69) is 106 Å². The van der Waals surface area contributed by atoms with Crippen molar-refractivity contribution in [1.29, 1.82) is 0 Å². The minimum absolute atomic E-state index is 0.142. The smallest absolute Gasteiger partial charge is 0.462 e. The maximum Gasteiger partial charge on any atom is 0.472 e. The summed E-state index contributed by atoms with van der Waals surface area (Å²) in [5, 5.41) is 9.83. The average Bonchev–Trinajstić information content (AvgIpc) is 3.41. The number of unbranched alkanes of at least 4 members (excludes halogenated alkanes) is 25. The molecule has 0 bridgehead atoms. The van der Waals surface area contributed by atoms with Gasteiger partial charge in [-0.15, -0.1) is 0 Å². The zero-order valence-electron chi connectivity index (χ0n) is 48.5. The van der Waals surface area contributed by atoms with E-state index in [0.717, 1.165) is 141 Å². The molecule has 0 aliphatic rings. The lowest BCUT2D eigenvalue weighted by Gasteiger charge is -2.21. The van der Waals surface area contributed by atoms with Crippen LogP contribution < -0.4 is 0 Å². The van der Waals surface area contributed by atoms with Gasteiger partial charge in [-0.2, -0.15) is 0 Å². The zero-order valence-corrected chi connectivity index (χ0v) is 49.3. The Labute approximate surface area is 464 Å². The molecular formula is C64H111O11P. The second-order valence-corrected chi connectivity index (χ2v) is 21.6.